The normalized spacial score (nSPS) is 14.9. The lowest BCUT2D eigenvalue weighted by Crippen LogP contribution is -2.43. The Balaban J connectivity index is 3.10. The van der Waals surface area contributed by atoms with Crippen LogP contribution in [0.2, 0.25) is 5.02 Å². The maximum Gasteiger partial charge on any atom is 0.244 e. The van der Waals surface area contributed by atoms with Gasteiger partial charge in [0, 0.05) is 17.6 Å². The number of rotatable bonds is 6. The highest BCUT2D eigenvalue weighted by Crippen LogP contribution is 2.35. The number of nitrogens with one attached hydrogen (secondary N) is 1. The number of hydrogen-bond donors (Lipinski definition) is 3. The second-order valence-electron chi connectivity index (χ2n) is 4.18. The highest BCUT2D eigenvalue weighted by Gasteiger charge is 2.23. The van der Waals surface area contributed by atoms with Crippen molar-refractivity contribution >= 4 is 37.6 Å². The number of sulfonamides is 1. The van der Waals surface area contributed by atoms with Gasteiger partial charge in [-0.3, -0.25) is 0 Å². The van der Waals surface area contributed by atoms with Crippen LogP contribution in [0, 0.1) is 0 Å². The van der Waals surface area contributed by atoms with Crippen LogP contribution in [0.3, 0.4) is 0 Å². The average molecular weight is 388 g/mol. The molecule has 1 aromatic carbocycles. The van der Waals surface area contributed by atoms with Crippen LogP contribution in [-0.4, -0.2) is 39.3 Å². The fourth-order valence-corrected chi connectivity index (χ4v) is 3.84. The van der Waals surface area contributed by atoms with Gasteiger partial charge in [-0.15, -0.1) is 0 Å². The lowest BCUT2D eigenvalue weighted by Gasteiger charge is -2.17. The molecule has 4 N–H and O–H groups in total. The van der Waals surface area contributed by atoms with E-state index in [1.54, 1.807) is 0 Å². The quantitative estimate of drug-likeness (QED) is 0.678. The van der Waals surface area contributed by atoms with Gasteiger partial charge in [-0.1, -0.05) is 11.6 Å². The Morgan fingerprint density at radius 1 is 1.55 bits per heavy atom. The van der Waals surface area contributed by atoms with Gasteiger partial charge in [0.05, 0.1) is 17.7 Å². The topological polar surface area (TPSA) is 102 Å². The second-order valence-corrected chi connectivity index (χ2v) is 7.20. The van der Waals surface area contributed by atoms with Crippen LogP contribution in [0.5, 0.6) is 5.75 Å². The number of benzene rings is 1. The summed E-state index contributed by atoms with van der Waals surface area (Å²) in [6.07, 6.45) is -0.828. The molecule has 0 aliphatic rings. The molecule has 0 spiro atoms. The third kappa shape index (κ3) is 4.31. The van der Waals surface area contributed by atoms with E-state index in [0.717, 1.165) is 0 Å². The van der Waals surface area contributed by atoms with Crippen LogP contribution < -0.4 is 15.2 Å². The maximum absolute atomic E-state index is 12.2. The van der Waals surface area contributed by atoms with Crippen molar-refractivity contribution in [2.24, 2.45) is 5.73 Å². The third-order valence-electron chi connectivity index (χ3n) is 2.60. The molecule has 0 saturated carbocycles. The van der Waals surface area contributed by atoms with Gasteiger partial charge in [-0.2, -0.15) is 0 Å². The van der Waals surface area contributed by atoms with E-state index in [0.29, 0.717) is 4.47 Å². The highest BCUT2D eigenvalue weighted by molar-refractivity contribution is 9.10. The number of ether oxygens (including phenoxy) is 1. The summed E-state index contributed by atoms with van der Waals surface area (Å²) < 4.78 is 32.3. The average Bonchev–Trinajstić information content (AvgIpc) is 2.35. The number of nitrogens with two attached hydrogens (primary N) is 1. The summed E-state index contributed by atoms with van der Waals surface area (Å²) in [5.74, 6) is 0.146. The smallest absolute Gasteiger partial charge is 0.244 e. The predicted molar refractivity (Wildman–Crippen MR) is 80.5 cm³/mol. The molecule has 2 unspecified atom stereocenters. The van der Waals surface area contributed by atoms with Gasteiger partial charge in [-0.05, 0) is 35.0 Å². The predicted octanol–water partition coefficient (Wildman–Crippen LogP) is 1.10. The van der Waals surface area contributed by atoms with E-state index >= 15 is 0 Å². The molecule has 0 fully saturated rings. The number of aliphatic hydroxyl groups is 1. The Bertz CT molecular complexity index is 580. The number of halogens is 2. The minimum atomic E-state index is -3.86. The molecular formula is C11H16BrClN2O4S. The monoisotopic (exact) mass is 386 g/mol. The summed E-state index contributed by atoms with van der Waals surface area (Å²) in [6, 6.07) is 2.10. The van der Waals surface area contributed by atoms with Crippen molar-refractivity contribution in [3.63, 3.8) is 0 Å². The van der Waals surface area contributed by atoms with Crippen molar-refractivity contribution in [2.75, 3.05) is 13.7 Å². The second kappa shape index (κ2) is 7.06. The lowest BCUT2D eigenvalue weighted by molar-refractivity contribution is 0.164. The minimum Gasteiger partial charge on any atom is -0.494 e. The van der Waals surface area contributed by atoms with Crippen molar-refractivity contribution in [1.82, 2.24) is 4.72 Å². The molecular weight excluding hydrogens is 372 g/mol. The van der Waals surface area contributed by atoms with E-state index in [2.05, 4.69) is 20.7 Å². The first-order chi connectivity index (χ1) is 9.19. The molecule has 0 amide bonds. The van der Waals surface area contributed by atoms with E-state index in [1.807, 2.05) is 0 Å². The lowest BCUT2D eigenvalue weighted by atomic mass is 10.2. The summed E-state index contributed by atoms with van der Waals surface area (Å²) in [7, 11) is -2.50. The first-order valence-electron chi connectivity index (χ1n) is 5.65. The molecule has 0 saturated heterocycles. The first-order valence-corrected chi connectivity index (χ1v) is 8.30. The van der Waals surface area contributed by atoms with Gasteiger partial charge < -0.3 is 15.6 Å². The van der Waals surface area contributed by atoms with Crippen LogP contribution in [0.4, 0.5) is 0 Å². The van der Waals surface area contributed by atoms with Gasteiger partial charge in [-0.25, -0.2) is 13.1 Å². The van der Waals surface area contributed by atoms with E-state index < -0.39 is 22.2 Å². The molecule has 114 valence electrons. The molecule has 20 heavy (non-hydrogen) atoms. The molecule has 0 bridgehead atoms. The first kappa shape index (κ1) is 17.7. The standard InChI is InChI=1S/C11H16BrClN2O4S/c1-6(16)9(14)5-15-20(17,18)10-4-7(13)3-8(12)11(10)19-2/h3-4,6,9,15-16H,5,14H2,1-2H3. The third-order valence-corrected chi connectivity index (χ3v) is 4.83. The molecule has 1 rings (SSSR count). The molecule has 2 atom stereocenters. The van der Waals surface area contributed by atoms with Crippen LogP contribution in [0.1, 0.15) is 6.92 Å². The van der Waals surface area contributed by atoms with Crippen molar-refractivity contribution in [3.8, 4) is 5.75 Å². The van der Waals surface area contributed by atoms with Crippen molar-refractivity contribution < 1.29 is 18.3 Å². The Kier molecular flexibility index (Phi) is 6.24. The highest BCUT2D eigenvalue weighted by atomic mass is 79.9. The molecule has 0 radical (unpaired) electrons. The molecule has 9 heteroatoms. The van der Waals surface area contributed by atoms with Gasteiger partial charge in [0.1, 0.15) is 4.90 Å². The van der Waals surface area contributed by atoms with E-state index in [1.165, 1.54) is 26.2 Å². The van der Waals surface area contributed by atoms with Crippen LogP contribution in [-0.2, 0) is 10.0 Å². The van der Waals surface area contributed by atoms with Crippen molar-refractivity contribution in [3.05, 3.63) is 21.6 Å². The largest absolute Gasteiger partial charge is 0.494 e. The maximum atomic E-state index is 12.2. The summed E-state index contributed by atoms with van der Waals surface area (Å²) in [5.41, 5.74) is 5.59. The Morgan fingerprint density at radius 3 is 2.65 bits per heavy atom. The molecule has 0 heterocycles. The summed E-state index contributed by atoms with van der Waals surface area (Å²) in [5, 5.41) is 9.51. The number of methoxy groups -OCH3 is 1. The fraction of sp³-hybridized carbons (Fsp3) is 0.455. The Hall–Kier alpha value is -0.380. The Morgan fingerprint density at radius 2 is 2.15 bits per heavy atom. The van der Waals surface area contributed by atoms with Crippen LogP contribution in [0.25, 0.3) is 0 Å². The molecule has 0 aromatic heterocycles. The molecule has 1 aromatic rings. The molecule has 0 aliphatic carbocycles. The SMILES string of the molecule is COc1c(Br)cc(Cl)cc1S(=O)(=O)NCC(N)C(C)O. The van der Waals surface area contributed by atoms with E-state index in [9.17, 15) is 13.5 Å². The molecule has 6 nitrogen and oxygen atoms in total. The minimum absolute atomic E-state index is 0.0998. The van der Waals surface area contributed by atoms with Gasteiger partial charge in [0.2, 0.25) is 10.0 Å². The summed E-state index contributed by atoms with van der Waals surface area (Å²) in [4.78, 5) is -0.0998. The van der Waals surface area contributed by atoms with Gasteiger partial charge in [0.25, 0.3) is 0 Å². The van der Waals surface area contributed by atoms with Crippen molar-refractivity contribution in [2.45, 2.75) is 24.0 Å². The van der Waals surface area contributed by atoms with Gasteiger partial charge in [0.15, 0.2) is 5.75 Å². The van der Waals surface area contributed by atoms with Crippen LogP contribution >= 0.6 is 27.5 Å². The summed E-state index contributed by atoms with van der Waals surface area (Å²) >= 11 is 9.04. The number of hydrogen-bond acceptors (Lipinski definition) is 5. The zero-order chi connectivity index (χ0) is 15.5. The van der Waals surface area contributed by atoms with Crippen molar-refractivity contribution in [1.29, 1.82) is 0 Å². The fourth-order valence-electron chi connectivity index (χ4n) is 1.39. The number of aliphatic hydroxyl groups excluding tert-OH is 1. The van der Waals surface area contributed by atoms with E-state index in [4.69, 9.17) is 22.1 Å². The zero-order valence-corrected chi connectivity index (χ0v) is 14.1. The van der Waals surface area contributed by atoms with E-state index in [-0.39, 0.29) is 22.2 Å². The molecule has 0 aliphatic heterocycles. The zero-order valence-electron chi connectivity index (χ0n) is 10.9. The summed E-state index contributed by atoms with van der Waals surface area (Å²) in [6.45, 7) is 1.38. The van der Waals surface area contributed by atoms with Crippen LogP contribution in [0.15, 0.2) is 21.5 Å². The Labute approximate surface area is 131 Å². The van der Waals surface area contributed by atoms with Gasteiger partial charge >= 0.3 is 0 Å².